The molecule has 0 heterocycles. The van der Waals surface area contributed by atoms with Gasteiger partial charge in [0.05, 0.1) is 0 Å². The van der Waals surface area contributed by atoms with Crippen molar-refractivity contribution in [2.75, 3.05) is 13.2 Å². The van der Waals surface area contributed by atoms with Crippen molar-refractivity contribution >= 4 is 17.9 Å². The summed E-state index contributed by atoms with van der Waals surface area (Å²) < 4.78 is 16.8. The van der Waals surface area contributed by atoms with Gasteiger partial charge in [-0.2, -0.15) is 0 Å². The van der Waals surface area contributed by atoms with E-state index in [-0.39, 0.29) is 31.1 Å². The first-order valence-electron chi connectivity index (χ1n) is 27.8. The predicted molar refractivity (Wildman–Crippen MR) is 279 cm³/mol. The van der Waals surface area contributed by atoms with Crippen molar-refractivity contribution in [2.45, 2.75) is 284 Å². The molecule has 65 heavy (non-hydrogen) atoms. The number of allylic oxidation sites excluding steroid dienone is 10. The number of rotatable bonds is 50. The highest BCUT2D eigenvalue weighted by Gasteiger charge is 2.19. The average Bonchev–Trinajstić information content (AvgIpc) is 3.30. The lowest BCUT2D eigenvalue weighted by molar-refractivity contribution is -0.167. The molecule has 0 bridgehead atoms. The first kappa shape index (κ1) is 62.1. The Bertz CT molecular complexity index is 1180. The van der Waals surface area contributed by atoms with Crippen LogP contribution >= 0.6 is 0 Å². The monoisotopic (exact) mass is 909 g/mol. The summed E-state index contributed by atoms with van der Waals surface area (Å²) in [5.74, 6) is -0.904. The van der Waals surface area contributed by atoms with Crippen LogP contribution in [0.5, 0.6) is 0 Å². The Kier molecular flexibility index (Phi) is 51.3. The molecule has 0 saturated heterocycles. The highest BCUT2D eigenvalue weighted by Crippen LogP contribution is 2.15. The maximum Gasteiger partial charge on any atom is 0.306 e. The Labute approximate surface area is 402 Å². The molecular formula is C59H104O6. The molecule has 0 aromatic carbocycles. The van der Waals surface area contributed by atoms with Crippen molar-refractivity contribution in [1.29, 1.82) is 0 Å². The van der Waals surface area contributed by atoms with Crippen LogP contribution in [0.15, 0.2) is 60.8 Å². The van der Waals surface area contributed by atoms with Gasteiger partial charge in [0.1, 0.15) is 13.2 Å². The Morgan fingerprint density at radius 2 is 0.585 bits per heavy atom. The van der Waals surface area contributed by atoms with Crippen molar-refractivity contribution in [3.63, 3.8) is 0 Å². The quantitative estimate of drug-likeness (QED) is 0.0262. The van der Waals surface area contributed by atoms with Gasteiger partial charge < -0.3 is 14.2 Å². The van der Waals surface area contributed by atoms with Crippen molar-refractivity contribution < 1.29 is 28.6 Å². The normalized spacial score (nSPS) is 12.5. The molecule has 6 heteroatoms. The fourth-order valence-corrected chi connectivity index (χ4v) is 7.74. The van der Waals surface area contributed by atoms with Crippen LogP contribution in [-0.2, 0) is 28.6 Å². The van der Waals surface area contributed by atoms with E-state index in [0.29, 0.717) is 19.3 Å². The van der Waals surface area contributed by atoms with Crippen LogP contribution in [0, 0.1) is 0 Å². The van der Waals surface area contributed by atoms with E-state index in [9.17, 15) is 14.4 Å². The van der Waals surface area contributed by atoms with E-state index in [4.69, 9.17) is 14.2 Å². The average molecular weight is 909 g/mol. The number of ether oxygens (including phenoxy) is 3. The zero-order valence-electron chi connectivity index (χ0n) is 43.0. The van der Waals surface area contributed by atoms with Crippen molar-refractivity contribution in [3.8, 4) is 0 Å². The fourth-order valence-electron chi connectivity index (χ4n) is 7.74. The van der Waals surface area contributed by atoms with Gasteiger partial charge in [-0.05, 0) is 103 Å². The van der Waals surface area contributed by atoms with E-state index in [2.05, 4.69) is 81.5 Å². The Balaban J connectivity index is 4.34. The molecule has 0 aromatic heterocycles. The summed E-state index contributed by atoms with van der Waals surface area (Å²) in [4.78, 5) is 38.0. The minimum absolute atomic E-state index is 0.0843. The summed E-state index contributed by atoms with van der Waals surface area (Å²) >= 11 is 0. The van der Waals surface area contributed by atoms with E-state index in [1.807, 2.05) is 0 Å². The number of carbonyl (C=O) groups excluding carboxylic acids is 3. The third-order valence-electron chi connectivity index (χ3n) is 11.9. The summed E-state index contributed by atoms with van der Waals surface area (Å²) in [5, 5.41) is 0. The lowest BCUT2D eigenvalue weighted by Gasteiger charge is -2.18. The zero-order valence-corrected chi connectivity index (χ0v) is 43.0. The Hall–Kier alpha value is -2.89. The maximum absolute atomic E-state index is 12.8. The van der Waals surface area contributed by atoms with E-state index >= 15 is 0 Å². The Morgan fingerprint density at radius 1 is 0.308 bits per heavy atom. The van der Waals surface area contributed by atoms with Crippen LogP contribution in [0.25, 0.3) is 0 Å². The first-order valence-corrected chi connectivity index (χ1v) is 27.8. The maximum atomic E-state index is 12.8. The topological polar surface area (TPSA) is 78.9 Å². The van der Waals surface area contributed by atoms with Gasteiger partial charge in [0.25, 0.3) is 0 Å². The molecule has 0 spiro atoms. The van der Waals surface area contributed by atoms with E-state index < -0.39 is 6.10 Å². The molecule has 0 fully saturated rings. The van der Waals surface area contributed by atoms with E-state index in [1.165, 1.54) is 148 Å². The molecule has 0 radical (unpaired) electrons. The molecule has 0 amide bonds. The van der Waals surface area contributed by atoms with Gasteiger partial charge in [0, 0.05) is 19.3 Å². The van der Waals surface area contributed by atoms with Gasteiger partial charge in [-0.1, -0.05) is 216 Å². The summed E-state index contributed by atoms with van der Waals surface area (Å²) in [5.41, 5.74) is 0. The summed E-state index contributed by atoms with van der Waals surface area (Å²) in [6, 6.07) is 0. The SMILES string of the molecule is CCC/C=C\CCCCCCCC(=O)OCC(COC(=O)CCCCCCCC/C=C\C/C=C\C/C=C\CCCCC)OC(=O)CCCCCCCCC/C=C\CCCCCCCCC. The molecule has 0 aliphatic carbocycles. The van der Waals surface area contributed by atoms with Gasteiger partial charge in [-0.15, -0.1) is 0 Å². The molecule has 0 rings (SSSR count). The number of unbranched alkanes of at least 4 members (excludes halogenated alkanes) is 29. The molecule has 1 unspecified atom stereocenters. The van der Waals surface area contributed by atoms with Crippen LogP contribution in [-0.4, -0.2) is 37.2 Å². The van der Waals surface area contributed by atoms with Crippen molar-refractivity contribution in [3.05, 3.63) is 60.8 Å². The highest BCUT2D eigenvalue weighted by molar-refractivity contribution is 5.71. The third kappa shape index (κ3) is 51.9. The highest BCUT2D eigenvalue weighted by atomic mass is 16.6. The van der Waals surface area contributed by atoms with Crippen LogP contribution in [0.1, 0.15) is 278 Å². The number of carbonyl (C=O) groups is 3. The summed E-state index contributed by atoms with van der Waals surface area (Å²) in [7, 11) is 0. The van der Waals surface area contributed by atoms with Crippen molar-refractivity contribution in [2.24, 2.45) is 0 Å². The second kappa shape index (κ2) is 53.7. The molecule has 6 nitrogen and oxygen atoms in total. The largest absolute Gasteiger partial charge is 0.462 e. The number of esters is 3. The lowest BCUT2D eigenvalue weighted by Crippen LogP contribution is -2.30. The number of hydrogen-bond donors (Lipinski definition) is 0. The minimum Gasteiger partial charge on any atom is -0.462 e. The first-order chi connectivity index (χ1) is 32.0. The molecule has 376 valence electrons. The van der Waals surface area contributed by atoms with Crippen molar-refractivity contribution in [1.82, 2.24) is 0 Å². The standard InChI is InChI=1S/C59H104O6/c1-4-7-10-13-16-19-22-24-26-28-30-32-33-35-37-40-43-46-49-52-58(61)64-55-56(54-63-57(60)51-48-45-42-39-21-18-15-12-9-6-3)65-59(62)53-50-47-44-41-38-36-34-31-29-27-25-23-20-17-14-11-8-5-2/h12,15-16,19,24,26-27,29-30,32,56H,4-11,13-14,17-18,20-23,25,28,31,33-55H2,1-3H3/b15-12-,19-16-,26-24-,29-27-,32-30-. The second-order valence-corrected chi connectivity index (χ2v) is 18.5. The van der Waals surface area contributed by atoms with Crippen LogP contribution in [0.2, 0.25) is 0 Å². The van der Waals surface area contributed by atoms with Gasteiger partial charge >= 0.3 is 17.9 Å². The van der Waals surface area contributed by atoms with Crippen LogP contribution < -0.4 is 0 Å². The predicted octanol–water partition coefficient (Wildman–Crippen LogP) is 18.4. The van der Waals surface area contributed by atoms with Gasteiger partial charge in [-0.25, -0.2) is 0 Å². The third-order valence-corrected chi connectivity index (χ3v) is 11.9. The molecule has 1 atom stereocenters. The van der Waals surface area contributed by atoms with Gasteiger partial charge in [0.2, 0.25) is 0 Å². The molecule has 0 saturated carbocycles. The minimum atomic E-state index is -0.784. The van der Waals surface area contributed by atoms with Gasteiger partial charge in [0.15, 0.2) is 6.10 Å². The second-order valence-electron chi connectivity index (χ2n) is 18.5. The lowest BCUT2D eigenvalue weighted by atomic mass is 10.1. The number of hydrogen-bond acceptors (Lipinski definition) is 6. The smallest absolute Gasteiger partial charge is 0.306 e. The zero-order chi connectivity index (χ0) is 47.2. The summed E-state index contributed by atoms with van der Waals surface area (Å²) in [6.07, 6.45) is 66.4. The van der Waals surface area contributed by atoms with E-state index in [1.54, 1.807) is 0 Å². The van der Waals surface area contributed by atoms with Crippen LogP contribution in [0.3, 0.4) is 0 Å². The molecule has 0 aliphatic heterocycles. The Morgan fingerprint density at radius 3 is 0.969 bits per heavy atom. The van der Waals surface area contributed by atoms with Crippen LogP contribution in [0.4, 0.5) is 0 Å². The molecular weight excluding hydrogens is 805 g/mol. The molecule has 0 N–H and O–H groups in total. The van der Waals surface area contributed by atoms with E-state index in [0.717, 1.165) is 89.9 Å². The fraction of sp³-hybridized carbons (Fsp3) is 0.780. The molecule has 0 aliphatic rings. The van der Waals surface area contributed by atoms with Gasteiger partial charge in [-0.3, -0.25) is 14.4 Å². The molecule has 0 aromatic rings. The summed E-state index contributed by atoms with van der Waals surface area (Å²) in [6.45, 7) is 6.54.